The summed E-state index contributed by atoms with van der Waals surface area (Å²) in [6.07, 6.45) is 7.22. The van der Waals surface area contributed by atoms with E-state index in [4.69, 9.17) is 0 Å². The molecule has 2 heterocycles. The summed E-state index contributed by atoms with van der Waals surface area (Å²) in [5, 5.41) is 3.23. The van der Waals surface area contributed by atoms with E-state index in [0.717, 1.165) is 11.5 Å². The Hall–Kier alpha value is -2.69. The molecule has 0 spiro atoms. The van der Waals surface area contributed by atoms with Crippen LogP contribution in [-0.4, -0.2) is 19.5 Å². The van der Waals surface area contributed by atoms with E-state index in [1.165, 1.54) is 5.56 Å². The Morgan fingerprint density at radius 3 is 2.55 bits per heavy atom. The molecule has 3 aromatic rings. The second-order valence-corrected chi connectivity index (χ2v) is 4.40. The van der Waals surface area contributed by atoms with Crippen molar-refractivity contribution in [1.29, 1.82) is 0 Å². The first kappa shape index (κ1) is 12.3. The molecular weight excluding hydrogens is 250 g/mol. The highest BCUT2D eigenvalue weighted by molar-refractivity contribution is 5.43. The monoisotopic (exact) mass is 265 g/mol. The van der Waals surface area contributed by atoms with E-state index in [1.54, 1.807) is 24.7 Å². The van der Waals surface area contributed by atoms with E-state index < -0.39 is 0 Å². The number of aryl methyl sites for hydroxylation is 1. The Labute approximate surface area is 117 Å². The molecular formula is C15H15N5. The molecule has 0 radical (unpaired) electrons. The minimum Gasteiger partial charge on any atom is -0.350 e. The molecule has 100 valence electrons. The average Bonchev–Trinajstić information content (AvgIpc) is 2.92. The third kappa shape index (κ3) is 2.51. The van der Waals surface area contributed by atoms with Gasteiger partial charge in [0.05, 0.1) is 5.69 Å². The van der Waals surface area contributed by atoms with Gasteiger partial charge in [0.25, 0.3) is 0 Å². The molecule has 0 fully saturated rings. The van der Waals surface area contributed by atoms with E-state index in [-0.39, 0.29) is 0 Å². The van der Waals surface area contributed by atoms with Crippen LogP contribution in [0.2, 0.25) is 0 Å². The Bertz CT molecular complexity index is 690. The first-order chi connectivity index (χ1) is 9.84. The molecule has 0 saturated carbocycles. The van der Waals surface area contributed by atoms with E-state index in [9.17, 15) is 0 Å². The second kappa shape index (κ2) is 5.52. The van der Waals surface area contributed by atoms with Crippen LogP contribution in [0.25, 0.3) is 5.69 Å². The van der Waals surface area contributed by atoms with Gasteiger partial charge in [-0.25, -0.2) is 15.0 Å². The predicted molar refractivity (Wildman–Crippen MR) is 77.7 cm³/mol. The van der Waals surface area contributed by atoms with Gasteiger partial charge in [-0.1, -0.05) is 18.2 Å². The summed E-state index contributed by atoms with van der Waals surface area (Å²) in [6.45, 7) is 2.66. The summed E-state index contributed by atoms with van der Waals surface area (Å²) < 4.78 is 2.07. The second-order valence-electron chi connectivity index (χ2n) is 4.40. The highest BCUT2D eigenvalue weighted by Gasteiger charge is 2.06. The molecule has 0 saturated heterocycles. The molecule has 0 unspecified atom stereocenters. The zero-order valence-corrected chi connectivity index (χ0v) is 11.2. The van der Waals surface area contributed by atoms with E-state index in [0.29, 0.717) is 12.5 Å². The molecule has 5 nitrogen and oxygen atoms in total. The van der Waals surface area contributed by atoms with Crippen LogP contribution in [0.5, 0.6) is 0 Å². The number of imidazole rings is 1. The maximum atomic E-state index is 4.27. The van der Waals surface area contributed by atoms with E-state index >= 15 is 0 Å². The number of hydrogen-bond acceptors (Lipinski definition) is 4. The standard InChI is InChI=1S/C15H15N5/c1-12-16-9-10-20(12)14-6-3-2-5-13(14)11-19-15-17-7-4-8-18-15/h2-10H,11H2,1H3,(H,17,18,19). The van der Waals surface area contributed by atoms with Gasteiger partial charge in [-0.2, -0.15) is 0 Å². The van der Waals surface area contributed by atoms with Crippen LogP contribution in [-0.2, 0) is 6.54 Å². The fourth-order valence-corrected chi connectivity index (χ4v) is 2.09. The van der Waals surface area contributed by atoms with E-state index in [1.807, 2.05) is 25.3 Å². The van der Waals surface area contributed by atoms with Crippen molar-refractivity contribution < 1.29 is 0 Å². The van der Waals surface area contributed by atoms with Crippen molar-refractivity contribution in [2.24, 2.45) is 0 Å². The third-order valence-electron chi connectivity index (χ3n) is 3.08. The molecule has 20 heavy (non-hydrogen) atoms. The Morgan fingerprint density at radius 1 is 1.00 bits per heavy atom. The number of hydrogen-bond donors (Lipinski definition) is 1. The van der Waals surface area contributed by atoms with Gasteiger partial charge in [-0.15, -0.1) is 0 Å². The number of aromatic nitrogens is 4. The topological polar surface area (TPSA) is 55.6 Å². The van der Waals surface area contributed by atoms with Crippen LogP contribution in [0.15, 0.2) is 55.1 Å². The van der Waals surface area contributed by atoms with Crippen molar-refractivity contribution in [2.45, 2.75) is 13.5 Å². The van der Waals surface area contributed by atoms with Crippen molar-refractivity contribution in [3.63, 3.8) is 0 Å². The number of rotatable bonds is 4. The lowest BCUT2D eigenvalue weighted by atomic mass is 10.1. The van der Waals surface area contributed by atoms with Gasteiger partial charge in [0.2, 0.25) is 5.95 Å². The zero-order chi connectivity index (χ0) is 13.8. The maximum Gasteiger partial charge on any atom is 0.222 e. The van der Waals surface area contributed by atoms with Gasteiger partial charge in [0.15, 0.2) is 0 Å². The van der Waals surface area contributed by atoms with Crippen LogP contribution in [0.4, 0.5) is 5.95 Å². The third-order valence-corrected chi connectivity index (χ3v) is 3.08. The Kier molecular flexibility index (Phi) is 3.41. The summed E-state index contributed by atoms with van der Waals surface area (Å²) in [5.41, 5.74) is 2.28. The lowest BCUT2D eigenvalue weighted by Crippen LogP contribution is -2.07. The molecule has 3 rings (SSSR count). The van der Waals surface area contributed by atoms with Crippen LogP contribution in [0.1, 0.15) is 11.4 Å². The summed E-state index contributed by atoms with van der Waals surface area (Å²) in [4.78, 5) is 12.6. The fraction of sp³-hybridized carbons (Fsp3) is 0.133. The van der Waals surface area contributed by atoms with Crippen LogP contribution < -0.4 is 5.32 Å². The van der Waals surface area contributed by atoms with Crippen molar-refractivity contribution in [2.75, 3.05) is 5.32 Å². The fourth-order valence-electron chi connectivity index (χ4n) is 2.09. The summed E-state index contributed by atoms with van der Waals surface area (Å²) in [5.74, 6) is 1.60. The van der Waals surface area contributed by atoms with Gasteiger partial charge < -0.3 is 9.88 Å². The number of nitrogens with zero attached hydrogens (tertiary/aromatic N) is 4. The van der Waals surface area contributed by atoms with Gasteiger partial charge in [0.1, 0.15) is 5.82 Å². The normalized spacial score (nSPS) is 10.4. The van der Waals surface area contributed by atoms with Crippen molar-refractivity contribution >= 4 is 5.95 Å². The molecule has 1 aromatic carbocycles. The SMILES string of the molecule is Cc1nccn1-c1ccccc1CNc1ncccn1. The molecule has 0 aliphatic carbocycles. The molecule has 0 atom stereocenters. The quantitative estimate of drug-likeness (QED) is 0.787. The van der Waals surface area contributed by atoms with Gasteiger partial charge in [-0.3, -0.25) is 0 Å². The minimum absolute atomic E-state index is 0.629. The number of anilines is 1. The Morgan fingerprint density at radius 2 is 1.80 bits per heavy atom. The Balaban J connectivity index is 1.86. The lowest BCUT2D eigenvalue weighted by Gasteiger charge is -2.12. The molecule has 5 heteroatoms. The number of para-hydroxylation sites is 1. The first-order valence-electron chi connectivity index (χ1n) is 6.44. The van der Waals surface area contributed by atoms with Crippen molar-refractivity contribution in [3.05, 3.63) is 66.5 Å². The molecule has 0 aliphatic rings. The van der Waals surface area contributed by atoms with Crippen molar-refractivity contribution in [1.82, 2.24) is 19.5 Å². The largest absolute Gasteiger partial charge is 0.350 e. The van der Waals surface area contributed by atoms with Crippen molar-refractivity contribution in [3.8, 4) is 5.69 Å². The molecule has 0 bridgehead atoms. The molecule has 1 N–H and O–H groups in total. The highest BCUT2D eigenvalue weighted by Crippen LogP contribution is 2.16. The minimum atomic E-state index is 0.629. The number of nitrogens with one attached hydrogen (secondary N) is 1. The summed E-state index contributed by atoms with van der Waals surface area (Å²) in [7, 11) is 0. The average molecular weight is 265 g/mol. The molecule has 0 aliphatic heterocycles. The smallest absolute Gasteiger partial charge is 0.222 e. The highest BCUT2D eigenvalue weighted by atomic mass is 15.1. The maximum absolute atomic E-state index is 4.27. The first-order valence-corrected chi connectivity index (χ1v) is 6.44. The molecule has 0 amide bonds. The number of benzene rings is 1. The predicted octanol–water partition coefficient (Wildman–Crippen LogP) is 2.58. The van der Waals surface area contributed by atoms with E-state index in [2.05, 4.69) is 37.0 Å². The zero-order valence-electron chi connectivity index (χ0n) is 11.2. The lowest BCUT2D eigenvalue weighted by molar-refractivity contribution is 0.943. The molecule has 2 aromatic heterocycles. The van der Waals surface area contributed by atoms with Gasteiger partial charge >= 0.3 is 0 Å². The summed E-state index contributed by atoms with van der Waals surface area (Å²) >= 11 is 0. The van der Waals surface area contributed by atoms with Gasteiger partial charge in [-0.05, 0) is 24.6 Å². The van der Waals surface area contributed by atoms with Gasteiger partial charge in [0, 0.05) is 31.3 Å². The summed E-state index contributed by atoms with van der Waals surface area (Å²) in [6, 6.07) is 10.0. The van der Waals surface area contributed by atoms with Crippen LogP contribution in [0, 0.1) is 6.92 Å². The van der Waals surface area contributed by atoms with Crippen LogP contribution >= 0.6 is 0 Å². The van der Waals surface area contributed by atoms with Crippen LogP contribution in [0.3, 0.4) is 0 Å².